The smallest absolute Gasteiger partial charge is 0.0951 e. The zero-order valence-corrected chi connectivity index (χ0v) is 17.5. The first-order valence-corrected chi connectivity index (χ1v) is 10.4. The Balaban J connectivity index is 1.60. The van der Waals surface area contributed by atoms with Crippen LogP contribution >= 0.6 is 0 Å². The Hall–Kier alpha value is -2.40. The first kappa shape index (κ1) is 18.9. The fourth-order valence-electron chi connectivity index (χ4n) is 4.55. The van der Waals surface area contributed by atoms with Crippen LogP contribution in [0.15, 0.2) is 36.8 Å². The average molecular weight is 378 g/mol. The molecule has 3 aromatic rings. The van der Waals surface area contributed by atoms with Crippen LogP contribution in [-0.2, 0) is 6.54 Å². The van der Waals surface area contributed by atoms with Crippen molar-refractivity contribution in [1.82, 2.24) is 24.2 Å². The highest BCUT2D eigenvalue weighted by Crippen LogP contribution is 2.29. The molecule has 1 aliphatic carbocycles. The third-order valence-electron chi connectivity index (χ3n) is 6.25. The largest absolute Gasteiger partial charge is 0.329 e. The van der Waals surface area contributed by atoms with Crippen molar-refractivity contribution in [3.8, 4) is 16.9 Å². The van der Waals surface area contributed by atoms with E-state index in [1.807, 2.05) is 12.5 Å². The second-order valence-electron chi connectivity index (χ2n) is 8.14. The van der Waals surface area contributed by atoms with Gasteiger partial charge in [0.2, 0.25) is 0 Å². The lowest BCUT2D eigenvalue weighted by molar-refractivity contribution is 0.237. The normalized spacial score (nSPS) is 15.0. The Morgan fingerprint density at radius 1 is 1.11 bits per heavy atom. The molecule has 4 rings (SSSR count). The maximum Gasteiger partial charge on any atom is 0.0951 e. The number of benzene rings is 1. The van der Waals surface area contributed by atoms with Crippen molar-refractivity contribution in [3.05, 3.63) is 53.7 Å². The van der Waals surface area contributed by atoms with Crippen LogP contribution in [0.25, 0.3) is 16.9 Å². The molecule has 0 spiro atoms. The molecule has 1 aliphatic rings. The lowest BCUT2D eigenvalue weighted by Crippen LogP contribution is -2.32. The van der Waals surface area contributed by atoms with Gasteiger partial charge in [0.15, 0.2) is 0 Å². The third-order valence-corrected chi connectivity index (χ3v) is 6.25. The van der Waals surface area contributed by atoms with E-state index in [-0.39, 0.29) is 0 Å². The van der Waals surface area contributed by atoms with Crippen LogP contribution in [-0.4, -0.2) is 43.9 Å². The first-order valence-electron chi connectivity index (χ1n) is 10.4. The summed E-state index contributed by atoms with van der Waals surface area (Å²) in [5, 5.41) is 4.86. The van der Waals surface area contributed by atoms with Crippen molar-refractivity contribution < 1.29 is 0 Å². The molecule has 0 aliphatic heterocycles. The van der Waals surface area contributed by atoms with Crippen molar-refractivity contribution in [3.63, 3.8) is 0 Å². The number of hydrogen-bond acceptors (Lipinski definition) is 3. The number of para-hydroxylation sites is 1. The fourth-order valence-corrected chi connectivity index (χ4v) is 4.55. The van der Waals surface area contributed by atoms with Crippen LogP contribution in [0, 0.1) is 20.8 Å². The fraction of sp³-hybridized carbons (Fsp3) is 0.478. The second-order valence-corrected chi connectivity index (χ2v) is 8.14. The van der Waals surface area contributed by atoms with E-state index in [2.05, 4.69) is 71.2 Å². The summed E-state index contributed by atoms with van der Waals surface area (Å²) in [6.07, 6.45) is 9.38. The topological polar surface area (TPSA) is 38.9 Å². The molecule has 0 radical (unpaired) electrons. The summed E-state index contributed by atoms with van der Waals surface area (Å²) in [6, 6.07) is 9.16. The number of aromatic nitrogens is 4. The molecule has 0 saturated heterocycles. The number of nitrogens with zero attached hydrogens (tertiary/aromatic N) is 5. The summed E-state index contributed by atoms with van der Waals surface area (Å²) in [5.74, 6) is 0. The van der Waals surface area contributed by atoms with Gasteiger partial charge in [-0.1, -0.05) is 31.0 Å². The maximum absolute atomic E-state index is 4.86. The van der Waals surface area contributed by atoms with Crippen LogP contribution < -0.4 is 0 Å². The molecule has 5 nitrogen and oxygen atoms in total. The van der Waals surface area contributed by atoms with Crippen molar-refractivity contribution in [2.75, 3.05) is 13.6 Å². The van der Waals surface area contributed by atoms with Crippen LogP contribution in [0.5, 0.6) is 0 Å². The van der Waals surface area contributed by atoms with Gasteiger partial charge in [0.25, 0.3) is 0 Å². The minimum absolute atomic E-state index is 0.749. The summed E-state index contributed by atoms with van der Waals surface area (Å²) < 4.78 is 4.35. The lowest BCUT2D eigenvalue weighted by atomic mass is 10.1. The van der Waals surface area contributed by atoms with Crippen LogP contribution in [0.3, 0.4) is 0 Å². The van der Waals surface area contributed by atoms with E-state index in [4.69, 9.17) is 5.10 Å². The van der Waals surface area contributed by atoms with Gasteiger partial charge in [-0.3, -0.25) is 0 Å². The Labute approximate surface area is 168 Å². The highest BCUT2D eigenvalue weighted by Gasteiger charge is 2.21. The molecule has 1 fully saturated rings. The predicted octanol–water partition coefficient (Wildman–Crippen LogP) is 4.54. The van der Waals surface area contributed by atoms with Gasteiger partial charge in [-0.15, -0.1) is 0 Å². The first-order chi connectivity index (χ1) is 13.6. The summed E-state index contributed by atoms with van der Waals surface area (Å²) in [6.45, 7) is 8.40. The maximum atomic E-state index is 4.86. The molecule has 148 valence electrons. The van der Waals surface area contributed by atoms with Gasteiger partial charge in [0.05, 0.1) is 35.3 Å². The minimum Gasteiger partial charge on any atom is -0.329 e. The number of aryl methyl sites for hydroxylation is 2. The van der Waals surface area contributed by atoms with Crippen molar-refractivity contribution in [2.24, 2.45) is 0 Å². The van der Waals surface area contributed by atoms with E-state index in [0.717, 1.165) is 41.9 Å². The second kappa shape index (κ2) is 7.92. The molecule has 2 heterocycles. The van der Waals surface area contributed by atoms with E-state index in [1.54, 1.807) is 0 Å². The molecule has 5 heteroatoms. The van der Waals surface area contributed by atoms with E-state index < -0.39 is 0 Å². The van der Waals surface area contributed by atoms with Gasteiger partial charge in [0.1, 0.15) is 0 Å². The zero-order chi connectivity index (χ0) is 19.7. The Kier molecular flexibility index (Phi) is 5.36. The zero-order valence-electron chi connectivity index (χ0n) is 17.5. The highest BCUT2D eigenvalue weighted by atomic mass is 15.3. The summed E-state index contributed by atoms with van der Waals surface area (Å²) in [4.78, 5) is 6.98. The molecule has 0 unspecified atom stereocenters. The number of rotatable bonds is 6. The molecule has 1 saturated carbocycles. The standard InChI is InChI=1S/C23H31N5/c1-17-9-5-8-12-21(17)28-19(3)23(18(2)25-28)22-15-24-16-27(22)14-13-26(4)20-10-6-7-11-20/h5,8-9,12,15-16,20H,6-7,10-11,13-14H2,1-4H3. The van der Waals surface area contributed by atoms with Crippen LogP contribution in [0.2, 0.25) is 0 Å². The van der Waals surface area contributed by atoms with Gasteiger partial charge in [-0.05, 0) is 52.3 Å². The van der Waals surface area contributed by atoms with Crippen LogP contribution in [0.1, 0.15) is 42.6 Å². The molecular weight excluding hydrogens is 346 g/mol. The number of imidazole rings is 1. The molecular formula is C23H31N5. The predicted molar refractivity (Wildman–Crippen MR) is 114 cm³/mol. The van der Waals surface area contributed by atoms with E-state index in [9.17, 15) is 0 Å². The van der Waals surface area contributed by atoms with E-state index in [1.165, 1.54) is 36.8 Å². The monoisotopic (exact) mass is 377 g/mol. The molecule has 28 heavy (non-hydrogen) atoms. The number of likely N-dealkylation sites (N-methyl/N-ethyl adjacent to an activating group) is 1. The lowest BCUT2D eigenvalue weighted by Gasteiger charge is -2.24. The average Bonchev–Trinajstić information content (AvgIpc) is 3.41. The van der Waals surface area contributed by atoms with E-state index in [0.29, 0.717) is 0 Å². The van der Waals surface area contributed by atoms with Crippen molar-refractivity contribution in [2.45, 2.75) is 59.0 Å². The van der Waals surface area contributed by atoms with Crippen molar-refractivity contribution in [1.29, 1.82) is 0 Å². The molecule has 0 N–H and O–H groups in total. The minimum atomic E-state index is 0.749. The Bertz CT molecular complexity index is 946. The molecule has 2 aromatic heterocycles. The molecule has 0 bridgehead atoms. The Morgan fingerprint density at radius 2 is 1.86 bits per heavy atom. The SMILES string of the molecule is Cc1ccccc1-n1nc(C)c(-c2cncn2CCN(C)C2CCCC2)c1C. The molecule has 0 atom stereocenters. The molecule has 0 amide bonds. The quantitative estimate of drug-likeness (QED) is 0.633. The van der Waals surface area contributed by atoms with Gasteiger partial charge in [-0.25, -0.2) is 9.67 Å². The van der Waals surface area contributed by atoms with Gasteiger partial charge in [-0.2, -0.15) is 5.10 Å². The van der Waals surface area contributed by atoms with Crippen molar-refractivity contribution >= 4 is 0 Å². The van der Waals surface area contributed by atoms with Gasteiger partial charge < -0.3 is 9.47 Å². The summed E-state index contributed by atoms with van der Waals surface area (Å²) in [7, 11) is 2.26. The van der Waals surface area contributed by atoms with E-state index >= 15 is 0 Å². The summed E-state index contributed by atoms with van der Waals surface area (Å²) in [5.41, 5.74) is 6.94. The van der Waals surface area contributed by atoms with Crippen LogP contribution in [0.4, 0.5) is 0 Å². The number of hydrogen-bond donors (Lipinski definition) is 0. The highest BCUT2D eigenvalue weighted by molar-refractivity contribution is 5.66. The third kappa shape index (κ3) is 3.51. The molecule has 1 aromatic carbocycles. The van der Waals surface area contributed by atoms with Gasteiger partial charge in [0, 0.05) is 24.7 Å². The summed E-state index contributed by atoms with van der Waals surface area (Å²) >= 11 is 0. The Morgan fingerprint density at radius 3 is 2.61 bits per heavy atom. The van der Waals surface area contributed by atoms with Gasteiger partial charge >= 0.3 is 0 Å².